The molecule has 1 aliphatic rings. The molecule has 3 aromatic rings. The Hall–Kier alpha value is -2.97. The van der Waals surface area contributed by atoms with Crippen LogP contribution in [0.3, 0.4) is 0 Å². The average Bonchev–Trinajstić information content (AvgIpc) is 3.58. The van der Waals surface area contributed by atoms with Crippen LogP contribution in [0.5, 0.6) is 0 Å². The van der Waals surface area contributed by atoms with E-state index in [1.165, 1.54) is 10.9 Å². The summed E-state index contributed by atoms with van der Waals surface area (Å²) in [7, 11) is -4.57. The Morgan fingerprint density at radius 3 is 2.34 bits per heavy atom. The van der Waals surface area contributed by atoms with Gasteiger partial charge in [-0.15, -0.1) is 5.10 Å². The molecule has 44 heavy (non-hydrogen) atoms. The van der Waals surface area contributed by atoms with E-state index in [2.05, 4.69) is 15.3 Å². The van der Waals surface area contributed by atoms with Gasteiger partial charge in [0.05, 0.1) is 30.0 Å². The smallest absolute Gasteiger partial charge is 0.359 e. The molecule has 1 aromatic carbocycles. The molecule has 0 spiro atoms. The molecule has 1 fully saturated rings. The standard InChI is InChI=1S/C29H42N5O9P/c1-5-14-29(39,8-4)44(40,41)43-28(6-2,7-3)15-22-23(35)24(36)26(42-22)34-17-20(25(37)30-27(34)38)16-33-18-21(31-32-33)19-12-10-9-11-13-19/h9-13,17-18,22-24,26,35-36,39H,5-8,14-16H2,1-4H3,(H,40,41)(H,30,37,38). The van der Waals surface area contributed by atoms with Gasteiger partial charge in [0.25, 0.3) is 5.56 Å². The topological polar surface area (TPSA) is 202 Å². The third kappa shape index (κ3) is 6.81. The number of aliphatic hydroxyl groups is 3. The van der Waals surface area contributed by atoms with Gasteiger partial charge >= 0.3 is 13.3 Å². The summed E-state index contributed by atoms with van der Waals surface area (Å²) in [4.78, 5) is 38.7. The van der Waals surface area contributed by atoms with Crippen molar-refractivity contribution >= 4 is 7.60 Å². The number of aromatic nitrogens is 5. The Labute approximate surface area is 254 Å². The van der Waals surface area contributed by atoms with Gasteiger partial charge in [-0.2, -0.15) is 0 Å². The lowest BCUT2D eigenvalue weighted by molar-refractivity contribution is -0.0784. The van der Waals surface area contributed by atoms with Crippen molar-refractivity contribution in [1.82, 2.24) is 24.5 Å². The molecule has 4 rings (SSSR count). The highest BCUT2D eigenvalue weighted by Gasteiger charge is 2.53. The van der Waals surface area contributed by atoms with Crippen LogP contribution in [0.25, 0.3) is 11.3 Å². The Kier molecular flexibility index (Phi) is 10.5. The van der Waals surface area contributed by atoms with Gasteiger partial charge in [0, 0.05) is 18.2 Å². The van der Waals surface area contributed by atoms with Crippen LogP contribution in [-0.2, 0) is 20.4 Å². The molecule has 6 atom stereocenters. The zero-order valence-electron chi connectivity index (χ0n) is 25.4. The average molecular weight is 636 g/mol. The van der Waals surface area contributed by atoms with Crippen molar-refractivity contribution in [3.05, 3.63) is 69.1 Å². The van der Waals surface area contributed by atoms with Crippen molar-refractivity contribution in [2.24, 2.45) is 0 Å². The maximum Gasteiger partial charge on any atom is 0.359 e. The van der Waals surface area contributed by atoms with E-state index in [4.69, 9.17) is 9.26 Å². The van der Waals surface area contributed by atoms with Gasteiger partial charge in [-0.25, -0.2) is 9.48 Å². The molecular weight excluding hydrogens is 593 g/mol. The second kappa shape index (κ2) is 13.6. The number of hydrogen-bond acceptors (Lipinski definition) is 10. The van der Waals surface area contributed by atoms with Gasteiger partial charge in [0.15, 0.2) is 11.6 Å². The quantitative estimate of drug-likeness (QED) is 0.163. The van der Waals surface area contributed by atoms with Crippen LogP contribution in [0.2, 0.25) is 0 Å². The van der Waals surface area contributed by atoms with Crippen molar-refractivity contribution < 1.29 is 34.0 Å². The number of aromatic amines is 1. The van der Waals surface area contributed by atoms with E-state index in [0.717, 1.165) is 10.1 Å². The third-order valence-electron chi connectivity index (χ3n) is 8.52. The van der Waals surface area contributed by atoms with Crippen LogP contribution in [0.1, 0.15) is 78.0 Å². The van der Waals surface area contributed by atoms with Crippen molar-refractivity contribution in [3.8, 4) is 11.3 Å². The fourth-order valence-corrected chi connectivity index (χ4v) is 7.52. The summed E-state index contributed by atoms with van der Waals surface area (Å²) in [6.07, 6.45) is -1.79. The van der Waals surface area contributed by atoms with E-state index in [1.54, 1.807) is 33.9 Å². The Bertz CT molecular complexity index is 1570. The van der Waals surface area contributed by atoms with Crippen LogP contribution < -0.4 is 11.2 Å². The third-order valence-corrected chi connectivity index (χ3v) is 10.7. The summed E-state index contributed by atoms with van der Waals surface area (Å²) >= 11 is 0. The molecule has 14 nitrogen and oxygen atoms in total. The molecule has 15 heteroatoms. The molecule has 0 aliphatic carbocycles. The first-order valence-corrected chi connectivity index (χ1v) is 16.5. The van der Waals surface area contributed by atoms with Gasteiger partial charge in [-0.05, 0) is 25.7 Å². The number of benzene rings is 1. The maximum absolute atomic E-state index is 13.4. The molecule has 1 saturated heterocycles. The number of nitrogens with one attached hydrogen (secondary N) is 1. The molecule has 3 heterocycles. The largest absolute Gasteiger partial charge is 0.388 e. The van der Waals surface area contributed by atoms with E-state index < -0.39 is 54.3 Å². The van der Waals surface area contributed by atoms with Gasteiger partial charge in [-0.1, -0.05) is 69.7 Å². The van der Waals surface area contributed by atoms with Gasteiger partial charge in [-0.3, -0.25) is 23.4 Å². The van der Waals surface area contributed by atoms with Crippen LogP contribution in [0.15, 0.2) is 52.3 Å². The second-order valence-corrected chi connectivity index (χ2v) is 13.4. The maximum atomic E-state index is 13.4. The fraction of sp³-hybridized carbons (Fsp3) is 0.586. The number of rotatable bonds is 14. The first-order chi connectivity index (χ1) is 20.8. The van der Waals surface area contributed by atoms with Gasteiger partial charge < -0.3 is 24.9 Å². The highest BCUT2D eigenvalue weighted by atomic mass is 31.2. The molecule has 5 N–H and O–H groups in total. The van der Waals surface area contributed by atoms with Gasteiger partial charge in [0.2, 0.25) is 0 Å². The first-order valence-electron chi connectivity index (χ1n) is 14.9. The number of ether oxygens (including phenoxy) is 1. The zero-order chi connectivity index (χ0) is 32.3. The number of hydrogen-bond donors (Lipinski definition) is 5. The monoisotopic (exact) mass is 635 g/mol. The molecule has 0 saturated carbocycles. The van der Waals surface area contributed by atoms with E-state index >= 15 is 0 Å². The molecule has 6 unspecified atom stereocenters. The summed E-state index contributed by atoms with van der Waals surface area (Å²) in [6, 6.07) is 9.33. The number of H-pyrrole nitrogens is 1. The Morgan fingerprint density at radius 1 is 1.05 bits per heavy atom. The first kappa shape index (κ1) is 33.9. The van der Waals surface area contributed by atoms with E-state index in [9.17, 15) is 34.4 Å². The van der Waals surface area contributed by atoms with Crippen LogP contribution >= 0.6 is 7.60 Å². The van der Waals surface area contributed by atoms with Crippen LogP contribution in [0.4, 0.5) is 0 Å². The molecular formula is C29H42N5O9P. The van der Waals surface area contributed by atoms with E-state index in [-0.39, 0.29) is 44.2 Å². The molecule has 0 amide bonds. The minimum atomic E-state index is -4.57. The lowest BCUT2D eigenvalue weighted by atomic mass is 9.88. The minimum absolute atomic E-state index is 0.00108. The molecule has 1 aliphatic heterocycles. The molecule has 0 bridgehead atoms. The Balaban J connectivity index is 1.57. The van der Waals surface area contributed by atoms with Crippen molar-refractivity contribution in [2.45, 2.75) is 108 Å². The predicted octanol–water partition coefficient (Wildman–Crippen LogP) is 2.51. The van der Waals surface area contributed by atoms with Gasteiger partial charge in [0.1, 0.15) is 17.9 Å². The van der Waals surface area contributed by atoms with Crippen molar-refractivity contribution in [3.63, 3.8) is 0 Å². The lowest BCUT2D eigenvalue weighted by Crippen LogP contribution is -2.42. The zero-order valence-corrected chi connectivity index (χ0v) is 26.3. The minimum Gasteiger partial charge on any atom is -0.388 e. The summed E-state index contributed by atoms with van der Waals surface area (Å²) < 4.78 is 27.6. The van der Waals surface area contributed by atoms with Crippen molar-refractivity contribution in [2.75, 3.05) is 0 Å². The normalized spacial score (nSPS) is 23.4. The lowest BCUT2D eigenvalue weighted by Gasteiger charge is -2.40. The second-order valence-electron chi connectivity index (χ2n) is 11.3. The number of nitrogens with zero attached hydrogens (tertiary/aromatic N) is 4. The SMILES string of the molecule is CCCC(O)(CC)P(=O)(O)OC(CC)(CC)CC1OC(n2cc(Cn3cc(-c4ccccc4)nn3)c(=O)[nH]c2=O)C(O)C1O. The van der Waals surface area contributed by atoms with E-state index in [0.29, 0.717) is 12.1 Å². The fourth-order valence-electron chi connectivity index (χ4n) is 5.59. The highest BCUT2D eigenvalue weighted by Crippen LogP contribution is 2.61. The highest BCUT2D eigenvalue weighted by molar-refractivity contribution is 7.54. The summed E-state index contributed by atoms with van der Waals surface area (Å²) in [6.45, 7) is 6.84. The van der Waals surface area contributed by atoms with Crippen molar-refractivity contribution in [1.29, 1.82) is 0 Å². The predicted molar refractivity (Wildman–Crippen MR) is 161 cm³/mol. The molecule has 0 radical (unpaired) electrons. The summed E-state index contributed by atoms with van der Waals surface area (Å²) in [5, 5.41) is 39.1. The molecule has 2 aromatic heterocycles. The van der Waals surface area contributed by atoms with E-state index in [1.807, 2.05) is 30.3 Å². The van der Waals surface area contributed by atoms with Crippen LogP contribution in [0, 0.1) is 0 Å². The number of aliphatic hydroxyl groups excluding tert-OH is 2. The Morgan fingerprint density at radius 2 is 1.73 bits per heavy atom. The summed E-state index contributed by atoms with van der Waals surface area (Å²) in [5.41, 5.74) is -1.27. The van der Waals surface area contributed by atoms with Crippen LogP contribution in [-0.4, -0.2) is 74.0 Å². The summed E-state index contributed by atoms with van der Waals surface area (Å²) in [5.74, 6) is 0. The molecule has 242 valence electrons.